The summed E-state index contributed by atoms with van der Waals surface area (Å²) in [6.07, 6.45) is -0.916. The maximum absolute atomic E-state index is 13.2. The first-order valence-corrected chi connectivity index (χ1v) is 9.78. The first kappa shape index (κ1) is 21.0. The number of nitrogens with zero attached hydrogens (tertiary/aromatic N) is 1. The van der Waals surface area contributed by atoms with Crippen molar-refractivity contribution in [2.45, 2.75) is 38.7 Å². The van der Waals surface area contributed by atoms with Crippen molar-refractivity contribution in [1.29, 1.82) is 0 Å². The summed E-state index contributed by atoms with van der Waals surface area (Å²) in [5.74, 6) is -1.48. The molecule has 1 aliphatic rings. The Morgan fingerprint density at radius 3 is 2.31 bits per heavy atom. The average Bonchev–Trinajstić information content (AvgIpc) is 2.70. The number of carbonyl (C=O) groups excluding carboxylic acids is 1. The van der Waals surface area contributed by atoms with E-state index in [1.807, 2.05) is 12.1 Å². The quantitative estimate of drug-likeness (QED) is 0.807. The number of aliphatic carboxylic acids is 1. The van der Waals surface area contributed by atoms with Gasteiger partial charge in [0.2, 0.25) is 0 Å². The second kappa shape index (κ2) is 8.33. The van der Waals surface area contributed by atoms with Gasteiger partial charge in [-0.1, -0.05) is 38.1 Å². The van der Waals surface area contributed by atoms with E-state index < -0.39 is 23.3 Å². The Labute approximate surface area is 169 Å². The van der Waals surface area contributed by atoms with E-state index in [-0.39, 0.29) is 31.8 Å². The molecular weight excluding hydrogens is 373 g/mol. The maximum Gasteiger partial charge on any atom is 0.314 e. The smallest absolute Gasteiger partial charge is 0.314 e. The molecule has 154 valence electrons. The van der Waals surface area contributed by atoms with E-state index in [2.05, 4.69) is 13.8 Å². The van der Waals surface area contributed by atoms with Crippen LogP contribution in [0, 0.1) is 11.2 Å². The van der Waals surface area contributed by atoms with Gasteiger partial charge >= 0.3 is 5.97 Å². The Hall–Kier alpha value is -2.73. The third-order valence-corrected chi connectivity index (χ3v) is 5.75. The third-order valence-electron chi connectivity index (χ3n) is 5.75. The molecule has 0 bridgehead atoms. The third kappa shape index (κ3) is 4.32. The summed E-state index contributed by atoms with van der Waals surface area (Å²) < 4.78 is 13.2. The van der Waals surface area contributed by atoms with Crippen molar-refractivity contribution >= 4 is 11.9 Å². The topological polar surface area (TPSA) is 77.8 Å². The predicted octanol–water partition coefficient (Wildman–Crippen LogP) is 3.47. The number of rotatable bonds is 5. The summed E-state index contributed by atoms with van der Waals surface area (Å²) in [7, 11) is 0. The number of piperidine rings is 1. The molecule has 1 saturated heterocycles. The lowest BCUT2D eigenvalue weighted by Crippen LogP contribution is -2.58. The second-order valence-corrected chi connectivity index (χ2v) is 8.07. The van der Waals surface area contributed by atoms with E-state index in [4.69, 9.17) is 0 Å². The molecule has 1 aliphatic heterocycles. The van der Waals surface area contributed by atoms with Gasteiger partial charge in [-0.2, -0.15) is 0 Å². The van der Waals surface area contributed by atoms with E-state index >= 15 is 0 Å². The number of hydrogen-bond acceptors (Lipinski definition) is 3. The Morgan fingerprint density at radius 2 is 1.76 bits per heavy atom. The molecule has 0 radical (unpaired) electrons. The minimum absolute atomic E-state index is 0.0137. The summed E-state index contributed by atoms with van der Waals surface area (Å²) in [6.45, 7) is 4.31. The monoisotopic (exact) mass is 399 g/mol. The van der Waals surface area contributed by atoms with Gasteiger partial charge in [0.25, 0.3) is 5.91 Å². The molecule has 0 aliphatic carbocycles. The largest absolute Gasteiger partial charge is 0.481 e. The van der Waals surface area contributed by atoms with Crippen LogP contribution in [0.3, 0.4) is 0 Å². The number of carboxylic acids is 1. The highest BCUT2D eigenvalue weighted by Gasteiger charge is 2.50. The standard InChI is InChI=1S/C23H26FNO4/c1-15(2)17-5-7-18(8-6-17)21(27)25-12-11-20(26)23(14-25,22(28)29)13-16-3-9-19(24)10-4-16/h3-10,15,20,26H,11-14H2,1-2H3,(H,28,29)/t20-,23-/m1/s1. The number of likely N-dealkylation sites (tertiary alicyclic amines) is 1. The molecule has 0 aromatic heterocycles. The molecule has 1 heterocycles. The van der Waals surface area contributed by atoms with Crippen LogP contribution < -0.4 is 0 Å². The molecule has 2 aromatic carbocycles. The van der Waals surface area contributed by atoms with Crippen molar-refractivity contribution in [2.24, 2.45) is 5.41 Å². The van der Waals surface area contributed by atoms with Crippen LogP contribution in [-0.4, -0.2) is 46.2 Å². The van der Waals surface area contributed by atoms with Gasteiger partial charge in [0.15, 0.2) is 0 Å². The van der Waals surface area contributed by atoms with Gasteiger partial charge in [-0.25, -0.2) is 4.39 Å². The van der Waals surface area contributed by atoms with Crippen LogP contribution in [0.5, 0.6) is 0 Å². The highest BCUT2D eigenvalue weighted by Crippen LogP contribution is 2.35. The summed E-state index contributed by atoms with van der Waals surface area (Å²) in [6, 6.07) is 12.9. The Bertz CT molecular complexity index is 879. The van der Waals surface area contributed by atoms with Crippen LogP contribution in [0.25, 0.3) is 0 Å². The molecule has 1 amide bonds. The molecule has 6 heteroatoms. The fourth-order valence-corrected chi connectivity index (χ4v) is 3.87. The van der Waals surface area contributed by atoms with Crippen LogP contribution in [0.4, 0.5) is 4.39 Å². The van der Waals surface area contributed by atoms with Crippen LogP contribution >= 0.6 is 0 Å². The van der Waals surface area contributed by atoms with Gasteiger partial charge in [0.05, 0.1) is 6.10 Å². The van der Waals surface area contributed by atoms with E-state index in [1.54, 1.807) is 12.1 Å². The highest BCUT2D eigenvalue weighted by atomic mass is 19.1. The lowest BCUT2D eigenvalue weighted by Gasteiger charge is -2.43. The molecule has 0 unspecified atom stereocenters. The molecular formula is C23H26FNO4. The van der Waals surface area contributed by atoms with Crippen LogP contribution in [0.2, 0.25) is 0 Å². The number of halogens is 1. The zero-order chi connectivity index (χ0) is 21.2. The van der Waals surface area contributed by atoms with E-state index in [0.29, 0.717) is 17.0 Å². The second-order valence-electron chi connectivity index (χ2n) is 8.07. The van der Waals surface area contributed by atoms with Gasteiger partial charge < -0.3 is 15.1 Å². The van der Waals surface area contributed by atoms with Gasteiger partial charge in [0.1, 0.15) is 11.2 Å². The molecule has 2 aromatic rings. The summed E-state index contributed by atoms with van der Waals surface area (Å²) in [5, 5.41) is 20.6. The van der Waals surface area contributed by atoms with Crippen LogP contribution in [-0.2, 0) is 11.2 Å². The molecule has 1 fully saturated rings. The average molecular weight is 399 g/mol. The molecule has 2 N–H and O–H groups in total. The maximum atomic E-state index is 13.2. The number of aliphatic hydroxyl groups is 1. The zero-order valence-corrected chi connectivity index (χ0v) is 16.6. The van der Waals surface area contributed by atoms with Gasteiger partial charge in [-0.05, 0) is 54.2 Å². The summed E-state index contributed by atoms with van der Waals surface area (Å²) in [4.78, 5) is 26.7. The molecule has 0 spiro atoms. The number of aliphatic hydroxyl groups excluding tert-OH is 1. The number of hydrogen-bond donors (Lipinski definition) is 2. The van der Waals surface area contributed by atoms with Crippen molar-refractivity contribution in [1.82, 2.24) is 4.90 Å². The molecule has 5 nitrogen and oxygen atoms in total. The lowest BCUT2D eigenvalue weighted by molar-refractivity contribution is -0.161. The van der Waals surface area contributed by atoms with Crippen LogP contribution in [0.15, 0.2) is 48.5 Å². The first-order valence-electron chi connectivity index (χ1n) is 9.78. The van der Waals surface area contributed by atoms with Crippen molar-refractivity contribution in [3.8, 4) is 0 Å². The van der Waals surface area contributed by atoms with Gasteiger partial charge in [0, 0.05) is 18.7 Å². The van der Waals surface area contributed by atoms with Crippen molar-refractivity contribution in [3.63, 3.8) is 0 Å². The van der Waals surface area contributed by atoms with Gasteiger partial charge in [-0.15, -0.1) is 0 Å². The minimum Gasteiger partial charge on any atom is -0.481 e. The number of carbonyl (C=O) groups is 2. The lowest BCUT2D eigenvalue weighted by atomic mass is 9.72. The molecule has 0 saturated carbocycles. The molecule has 3 rings (SSSR count). The first-order chi connectivity index (χ1) is 13.7. The van der Waals surface area contributed by atoms with E-state index in [1.165, 1.54) is 29.2 Å². The predicted molar refractivity (Wildman–Crippen MR) is 107 cm³/mol. The number of benzene rings is 2. The minimum atomic E-state index is -1.54. The van der Waals surface area contributed by atoms with E-state index in [0.717, 1.165) is 5.56 Å². The Kier molecular flexibility index (Phi) is 6.03. The normalized spacial score (nSPS) is 22.0. The van der Waals surface area contributed by atoms with E-state index in [9.17, 15) is 24.2 Å². The van der Waals surface area contributed by atoms with Crippen LogP contribution in [0.1, 0.15) is 47.7 Å². The van der Waals surface area contributed by atoms with Crippen molar-refractivity contribution in [3.05, 3.63) is 71.0 Å². The molecule has 2 atom stereocenters. The zero-order valence-electron chi connectivity index (χ0n) is 16.6. The Balaban J connectivity index is 1.85. The van der Waals surface area contributed by atoms with Crippen molar-refractivity contribution < 1.29 is 24.2 Å². The Morgan fingerprint density at radius 1 is 1.14 bits per heavy atom. The number of amides is 1. The number of carboxylic acid groups (broad SMARTS) is 1. The highest BCUT2D eigenvalue weighted by molar-refractivity contribution is 5.95. The fraction of sp³-hybridized carbons (Fsp3) is 0.391. The summed E-state index contributed by atoms with van der Waals surface area (Å²) in [5.41, 5.74) is 0.672. The fourth-order valence-electron chi connectivity index (χ4n) is 3.87. The van der Waals surface area contributed by atoms with Gasteiger partial charge in [-0.3, -0.25) is 9.59 Å². The summed E-state index contributed by atoms with van der Waals surface area (Å²) >= 11 is 0. The van der Waals surface area contributed by atoms with Crippen molar-refractivity contribution in [2.75, 3.05) is 13.1 Å². The molecule has 29 heavy (non-hydrogen) atoms. The SMILES string of the molecule is CC(C)c1ccc(C(=O)N2CC[C@@H](O)[C@](Cc3ccc(F)cc3)(C(=O)O)C2)cc1.